The number of nitrogens with zero attached hydrogens (tertiary/aromatic N) is 3. The molecule has 1 aromatic heterocycles. The molecule has 1 fully saturated rings. The number of carbonyl (C=O) groups is 1. The summed E-state index contributed by atoms with van der Waals surface area (Å²) >= 11 is 0. The second-order valence-corrected chi connectivity index (χ2v) is 4.09. The number of hydrogen-bond acceptors (Lipinski definition) is 9. The summed E-state index contributed by atoms with van der Waals surface area (Å²) in [5.41, 5.74) is -0.475. The monoisotopic (exact) mass is 297 g/mol. The van der Waals surface area contributed by atoms with Gasteiger partial charge >= 0.3 is 29.6 Å². The van der Waals surface area contributed by atoms with Crippen LogP contribution in [0.2, 0.25) is 0 Å². The van der Waals surface area contributed by atoms with Crippen molar-refractivity contribution in [3.05, 3.63) is 11.9 Å². The van der Waals surface area contributed by atoms with Crippen molar-refractivity contribution >= 4 is 5.97 Å². The van der Waals surface area contributed by atoms with Crippen molar-refractivity contribution in [1.82, 2.24) is 15.0 Å². The molecule has 11 heteroatoms. The van der Waals surface area contributed by atoms with Gasteiger partial charge in [-0.1, -0.05) is 5.21 Å². The molecule has 0 aliphatic carbocycles. The molecule has 1 aromatic rings. The maximum Gasteiger partial charge on any atom is 1.00 e. The van der Waals surface area contributed by atoms with Crippen molar-refractivity contribution in [2.75, 3.05) is 6.61 Å². The molecular weight excluding hydrogens is 285 g/mol. The van der Waals surface area contributed by atoms with Crippen LogP contribution in [0.25, 0.3) is 0 Å². The molecule has 20 heavy (non-hydrogen) atoms. The number of carboxylic acids is 1. The molecule has 1 saturated heterocycles. The minimum absolute atomic E-state index is 0. The average molecular weight is 297 g/mol. The zero-order valence-corrected chi connectivity index (χ0v) is 12.5. The SMILES string of the molecule is O=C([O-])c1cn([C@H]2O[C@H](CO)[C@@H](O)[C@H](O)[C@H]2O)nn1.[Na+]. The van der Waals surface area contributed by atoms with Crippen LogP contribution in [-0.4, -0.2) is 72.4 Å². The predicted octanol–water partition coefficient (Wildman–Crippen LogP) is -7.38. The summed E-state index contributed by atoms with van der Waals surface area (Å²) in [5, 5.41) is 55.1. The van der Waals surface area contributed by atoms with Gasteiger partial charge in [0.15, 0.2) is 6.23 Å². The summed E-state index contributed by atoms with van der Waals surface area (Å²) in [6.45, 7) is -0.594. The summed E-state index contributed by atoms with van der Waals surface area (Å²) < 4.78 is 6.02. The number of aliphatic hydroxyl groups excluding tert-OH is 4. The van der Waals surface area contributed by atoms with Crippen molar-refractivity contribution < 1.29 is 64.6 Å². The van der Waals surface area contributed by atoms with Gasteiger partial charge in [-0.15, -0.1) is 5.10 Å². The van der Waals surface area contributed by atoms with Gasteiger partial charge in [-0.05, 0) is 0 Å². The fourth-order valence-corrected chi connectivity index (χ4v) is 1.80. The van der Waals surface area contributed by atoms with E-state index < -0.39 is 48.9 Å². The zero-order chi connectivity index (χ0) is 14.2. The van der Waals surface area contributed by atoms with E-state index in [1.54, 1.807) is 0 Å². The van der Waals surface area contributed by atoms with E-state index >= 15 is 0 Å². The molecule has 1 aliphatic heterocycles. The standard InChI is InChI=1S/C9H13N3O7.Na/c13-2-4-5(14)6(15)7(16)8(19-4)12-1-3(9(17)18)10-11-12;/h1,4-8,13-16H,2H2,(H,17,18);/q;+1/p-1/t4-,5-,6+,7-,8+;/m1./s1. The molecule has 1 aliphatic rings. The molecule has 2 heterocycles. The summed E-state index contributed by atoms with van der Waals surface area (Å²) in [4.78, 5) is 10.6. The van der Waals surface area contributed by atoms with Gasteiger partial charge in [-0.25, -0.2) is 4.68 Å². The van der Waals surface area contributed by atoms with Crippen LogP contribution >= 0.6 is 0 Å². The van der Waals surface area contributed by atoms with Crippen molar-refractivity contribution in [3.63, 3.8) is 0 Å². The minimum Gasteiger partial charge on any atom is -0.543 e. The Morgan fingerprint density at radius 2 is 2.00 bits per heavy atom. The quantitative estimate of drug-likeness (QED) is 0.397. The van der Waals surface area contributed by atoms with Crippen LogP contribution < -0.4 is 34.7 Å². The number of hydrogen-bond donors (Lipinski definition) is 4. The fraction of sp³-hybridized carbons (Fsp3) is 0.667. The van der Waals surface area contributed by atoms with Gasteiger partial charge in [0, 0.05) is 0 Å². The fourth-order valence-electron chi connectivity index (χ4n) is 1.80. The molecule has 0 saturated carbocycles. The predicted molar refractivity (Wildman–Crippen MR) is 53.4 cm³/mol. The molecule has 0 aromatic carbocycles. The number of ether oxygens (including phenoxy) is 1. The Morgan fingerprint density at radius 1 is 1.35 bits per heavy atom. The Labute approximate surface area is 134 Å². The van der Waals surface area contributed by atoms with Gasteiger partial charge in [0.05, 0.1) is 18.8 Å². The normalized spacial score (nSPS) is 33.5. The molecular formula is C9H12N3NaO7. The van der Waals surface area contributed by atoms with E-state index in [0.29, 0.717) is 0 Å². The number of rotatable bonds is 3. The first kappa shape index (κ1) is 17.5. The van der Waals surface area contributed by atoms with E-state index in [4.69, 9.17) is 9.84 Å². The van der Waals surface area contributed by atoms with Gasteiger partial charge in [-0.2, -0.15) is 0 Å². The molecule has 4 N–H and O–H groups in total. The van der Waals surface area contributed by atoms with E-state index in [1.165, 1.54) is 0 Å². The van der Waals surface area contributed by atoms with Gasteiger partial charge in [0.2, 0.25) is 0 Å². The molecule has 0 spiro atoms. The molecule has 10 nitrogen and oxygen atoms in total. The number of carbonyl (C=O) groups excluding carboxylic acids is 1. The zero-order valence-electron chi connectivity index (χ0n) is 10.5. The van der Waals surface area contributed by atoms with Crippen LogP contribution in [0.5, 0.6) is 0 Å². The first-order valence-electron chi connectivity index (χ1n) is 5.39. The van der Waals surface area contributed by atoms with Crippen LogP contribution in [0.1, 0.15) is 16.7 Å². The second kappa shape index (κ2) is 6.91. The topological polar surface area (TPSA) is 161 Å². The molecule has 106 valence electrons. The van der Waals surface area contributed by atoms with Gasteiger partial charge < -0.3 is 35.1 Å². The van der Waals surface area contributed by atoms with Gasteiger partial charge in [-0.3, -0.25) is 0 Å². The third kappa shape index (κ3) is 3.18. The number of aromatic nitrogens is 3. The molecule has 0 bridgehead atoms. The average Bonchev–Trinajstić information content (AvgIpc) is 2.86. The van der Waals surface area contributed by atoms with Crippen molar-refractivity contribution in [2.24, 2.45) is 0 Å². The van der Waals surface area contributed by atoms with E-state index in [2.05, 4.69) is 10.3 Å². The Hall–Kier alpha value is -0.590. The third-order valence-electron chi connectivity index (χ3n) is 2.85. The third-order valence-corrected chi connectivity index (χ3v) is 2.85. The molecule has 0 radical (unpaired) electrons. The van der Waals surface area contributed by atoms with Gasteiger partial charge in [0.1, 0.15) is 30.1 Å². The van der Waals surface area contributed by atoms with Gasteiger partial charge in [0.25, 0.3) is 0 Å². The van der Waals surface area contributed by atoms with E-state index in [1.807, 2.05) is 0 Å². The Morgan fingerprint density at radius 3 is 2.50 bits per heavy atom. The first-order valence-corrected chi connectivity index (χ1v) is 5.39. The minimum atomic E-state index is -1.58. The molecule has 5 atom stereocenters. The number of aromatic carboxylic acids is 1. The van der Waals surface area contributed by atoms with Crippen LogP contribution in [0, 0.1) is 0 Å². The second-order valence-electron chi connectivity index (χ2n) is 4.09. The number of aliphatic hydroxyl groups is 4. The smallest absolute Gasteiger partial charge is 0.543 e. The van der Waals surface area contributed by atoms with E-state index in [0.717, 1.165) is 10.9 Å². The van der Waals surface area contributed by atoms with Crippen LogP contribution in [0.15, 0.2) is 6.20 Å². The summed E-state index contributed by atoms with van der Waals surface area (Å²) in [7, 11) is 0. The Bertz CT molecular complexity index is 468. The summed E-state index contributed by atoms with van der Waals surface area (Å²) in [6, 6.07) is 0. The molecule has 0 unspecified atom stereocenters. The van der Waals surface area contributed by atoms with Crippen molar-refractivity contribution in [2.45, 2.75) is 30.6 Å². The van der Waals surface area contributed by atoms with E-state index in [9.17, 15) is 25.2 Å². The summed E-state index contributed by atoms with van der Waals surface area (Å²) in [6.07, 6.45) is -6.08. The number of carboxylic acid groups (broad SMARTS) is 1. The maximum atomic E-state index is 10.6. The van der Waals surface area contributed by atoms with Crippen molar-refractivity contribution in [1.29, 1.82) is 0 Å². The Balaban J connectivity index is 0.00000200. The molecule has 2 rings (SSSR count). The maximum absolute atomic E-state index is 10.6. The Kier molecular flexibility index (Phi) is 6.04. The molecule has 0 amide bonds. The van der Waals surface area contributed by atoms with Crippen LogP contribution in [0.3, 0.4) is 0 Å². The summed E-state index contributed by atoms with van der Waals surface area (Å²) in [5.74, 6) is -1.56. The largest absolute Gasteiger partial charge is 1.00 e. The first-order chi connectivity index (χ1) is 8.95. The van der Waals surface area contributed by atoms with Crippen molar-refractivity contribution in [3.8, 4) is 0 Å². The van der Waals surface area contributed by atoms with Crippen LogP contribution in [0.4, 0.5) is 0 Å². The van der Waals surface area contributed by atoms with Crippen LogP contribution in [-0.2, 0) is 4.74 Å². The van der Waals surface area contributed by atoms with E-state index in [-0.39, 0.29) is 29.6 Å².